The van der Waals surface area contributed by atoms with Gasteiger partial charge in [-0.05, 0) is 46.3 Å². The highest BCUT2D eigenvalue weighted by Gasteiger charge is 2.49. The van der Waals surface area contributed by atoms with E-state index in [2.05, 4.69) is 19.7 Å². The van der Waals surface area contributed by atoms with E-state index in [0.29, 0.717) is 26.4 Å². The number of rotatable bonds is 13. The Balaban J connectivity index is 4.60. The van der Waals surface area contributed by atoms with E-state index in [1.807, 2.05) is 20.8 Å². The molecule has 0 fully saturated rings. The average Bonchev–Trinajstić information content (AvgIpc) is 2.35. The van der Waals surface area contributed by atoms with E-state index in [4.69, 9.17) is 22.1 Å². The Morgan fingerprint density at radius 2 is 1.45 bits per heavy atom. The molecule has 0 saturated carbocycles. The van der Waals surface area contributed by atoms with Crippen LogP contribution in [-0.4, -0.2) is 43.8 Å². The molecule has 120 valence electrons. The molecule has 0 aliphatic rings. The predicted molar refractivity (Wildman–Crippen MR) is 84.8 cm³/mol. The smallest absolute Gasteiger partial charge is 0.502 e. The zero-order valence-corrected chi connectivity index (χ0v) is 15.6. The Labute approximate surface area is 125 Å². The first-order valence-electron chi connectivity index (χ1n) is 7.29. The minimum Gasteiger partial charge on any atom is -0.502 e. The Bertz CT molecular complexity index is 244. The molecule has 0 amide bonds. The lowest BCUT2D eigenvalue weighted by Gasteiger charge is -2.34. The molecule has 0 aromatic heterocycles. The van der Waals surface area contributed by atoms with Gasteiger partial charge >= 0.3 is 9.05 Å². The highest BCUT2D eigenvalue weighted by atomic mass is 28.5. The fourth-order valence-corrected chi connectivity index (χ4v) is 7.93. The standard InChI is InChI=1S/C13H30O5Si2/c1-7-14-12-11-13-19(5,6)18-20(15-8-2,16-9-3)17-10-4/h7H,1,8-13H2,2-6H3. The van der Waals surface area contributed by atoms with Gasteiger partial charge < -0.3 is 22.1 Å². The third-order valence-corrected chi connectivity index (χ3v) is 9.22. The Morgan fingerprint density at radius 3 is 1.85 bits per heavy atom. The number of hydrogen-bond acceptors (Lipinski definition) is 5. The minimum absolute atomic E-state index is 0.524. The highest BCUT2D eigenvalue weighted by molar-refractivity contribution is 6.79. The molecule has 0 N–H and O–H groups in total. The van der Waals surface area contributed by atoms with Crippen molar-refractivity contribution in [3.63, 3.8) is 0 Å². The number of ether oxygens (including phenoxy) is 1. The van der Waals surface area contributed by atoms with Crippen molar-refractivity contribution < 1.29 is 22.1 Å². The maximum absolute atomic E-state index is 6.26. The molecule has 0 spiro atoms. The lowest BCUT2D eigenvalue weighted by Crippen LogP contribution is -2.55. The second-order valence-corrected chi connectivity index (χ2v) is 11.5. The first-order chi connectivity index (χ1) is 9.45. The van der Waals surface area contributed by atoms with Gasteiger partial charge in [-0.25, -0.2) is 0 Å². The quantitative estimate of drug-likeness (QED) is 0.296. The van der Waals surface area contributed by atoms with Gasteiger partial charge in [-0.15, -0.1) is 0 Å². The van der Waals surface area contributed by atoms with Crippen LogP contribution in [0.1, 0.15) is 27.2 Å². The van der Waals surface area contributed by atoms with Crippen LogP contribution in [0.15, 0.2) is 12.8 Å². The molecule has 0 aliphatic heterocycles. The van der Waals surface area contributed by atoms with Crippen molar-refractivity contribution in [2.45, 2.75) is 46.3 Å². The van der Waals surface area contributed by atoms with Crippen LogP contribution in [0, 0.1) is 0 Å². The first-order valence-corrected chi connectivity index (χ1v) is 12.0. The monoisotopic (exact) mass is 322 g/mol. The van der Waals surface area contributed by atoms with Crippen molar-refractivity contribution in [1.82, 2.24) is 0 Å². The summed E-state index contributed by atoms with van der Waals surface area (Å²) in [4.78, 5) is 0. The SMILES string of the molecule is C=COCCC[Si](C)(C)O[Si](OCC)(OCC)OCC. The van der Waals surface area contributed by atoms with Crippen LogP contribution < -0.4 is 0 Å². The maximum atomic E-state index is 6.26. The van der Waals surface area contributed by atoms with Crippen molar-refractivity contribution in [3.8, 4) is 0 Å². The van der Waals surface area contributed by atoms with Crippen molar-refractivity contribution >= 4 is 17.4 Å². The molecule has 5 nitrogen and oxygen atoms in total. The molecule has 7 heteroatoms. The van der Waals surface area contributed by atoms with Crippen molar-refractivity contribution in [2.75, 3.05) is 26.4 Å². The van der Waals surface area contributed by atoms with Crippen LogP contribution in [0.4, 0.5) is 0 Å². The lowest BCUT2D eigenvalue weighted by atomic mass is 10.5. The third-order valence-electron chi connectivity index (χ3n) is 2.52. The van der Waals surface area contributed by atoms with E-state index >= 15 is 0 Å². The van der Waals surface area contributed by atoms with E-state index in [0.717, 1.165) is 12.5 Å². The molecule has 0 bridgehead atoms. The summed E-state index contributed by atoms with van der Waals surface area (Å²) in [5, 5.41) is 0. The summed E-state index contributed by atoms with van der Waals surface area (Å²) in [5.41, 5.74) is 0. The van der Waals surface area contributed by atoms with Crippen LogP contribution in [0.25, 0.3) is 0 Å². The molecule has 0 saturated heterocycles. The molecule has 0 atom stereocenters. The largest absolute Gasteiger partial charge is 0.669 e. The van der Waals surface area contributed by atoms with Gasteiger partial charge in [0.15, 0.2) is 8.32 Å². The van der Waals surface area contributed by atoms with Gasteiger partial charge in [0.1, 0.15) is 0 Å². The van der Waals surface area contributed by atoms with E-state index in [1.165, 1.54) is 6.26 Å². The van der Waals surface area contributed by atoms with Gasteiger partial charge in [0, 0.05) is 19.8 Å². The first kappa shape index (κ1) is 19.8. The summed E-state index contributed by atoms with van der Waals surface area (Å²) in [5.74, 6) is 0. The topological polar surface area (TPSA) is 46.2 Å². The van der Waals surface area contributed by atoms with Crippen LogP contribution in [0.5, 0.6) is 0 Å². The number of hydrogen-bond donors (Lipinski definition) is 0. The fraction of sp³-hybridized carbons (Fsp3) is 0.846. The second kappa shape index (κ2) is 10.5. The van der Waals surface area contributed by atoms with Gasteiger partial charge in [0.2, 0.25) is 0 Å². The lowest BCUT2D eigenvalue weighted by molar-refractivity contribution is 0.00681. The van der Waals surface area contributed by atoms with Crippen LogP contribution in [-0.2, 0) is 22.1 Å². The summed E-state index contributed by atoms with van der Waals surface area (Å²) in [6, 6.07) is 0.961. The summed E-state index contributed by atoms with van der Waals surface area (Å²) >= 11 is 0. The molecule has 0 unspecified atom stereocenters. The van der Waals surface area contributed by atoms with Gasteiger partial charge in [-0.1, -0.05) is 6.58 Å². The molecular formula is C13H30O5Si2. The Morgan fingerprint density at radius 1 is 0.950 bits per heavy atom. The summed E-state index contributed by atoms with van der Waals surface area (Å²) in [6.07, 6.45) is 2.40. The van der Waals surface area contributed by atoms with Crippen molar-refractivity contribution in [3.05, 3.63) is 12.8 Å². The van der Waals surface area contributed by atoms with Crippen LogP contribution >= 0.6 is 0 Å². The maximum Gasteiger partial charge on any atom is 0.669 e. The Kier molecular flexibility index (Phi) is 10.4. The van der Waals surface area contributed by atoms with Crippen molar-refractivity contribution in [2.24, 2.45) is 0 Å². The minimum atomic E-state index is -3.00. The summed E-state index contributed by atoms with van der Waals surface area (Å²) in [7, 11) is -4.93. The molecular weight excluding hydrogens is 292 g/mol. The van der Waals surface area contributed by atoms with Crippen LogP contribution in [0.2, 0.25) is 19.1 Å². The van der Waals surface area contributed by atoms with Gasteiger partial charge in [0.05, 0.1) is 12.9 Å². The normalized spacial score (nSPS) is 12.4. The zero-order chi connectivity index (χ0) is 15.5. The fourth-order valence-electron chi connectivity index (χ4n) is 1.80. The van der Waals surface area contributed by atoms with E-state index in [-0.39, 0.29) is 0 Å². The summed E-state index contributed by atoms with van der Waals surface area (Å²) < 4.78 is 28.6. The second-order valence-electron chi connectivity index (χ2n) is 4.80. The molecule has 0 aliphatic carbocycles. The predicted octanol–water partition coefficient (Wildman–Crippen LogP) is 3.30. The van der Waals surface area contributed by atoms with Crippen molar-refractivity contribution in [1.29, 1.82) is 0 Å². The average molecular weight is 323 g/mol. The molecule has 0 rings (SSSR count). The van der Waals surface area contributed by atoms with Gasteiger partial charge in [0.25, 0.3) is 0 Å². The molecule has 0 heterocycles. The highest BCUT2D eigenvalue weighted by Crippen LogP contribution is 2.23. The third kappa shape index (κ3) is 8.18. The zero-order valence-electron chi connectivity index (χ0n) is 13.6. The Hall–Kier alpha value is -0.186. The summed E-state index contributed by atoms with van der Waals surface area (Å²) in [6.45, 7) is 15.9. The van der Waals surface area contributed by atoms with Gasteiger partial charge in [-0.3, -0.25) is 0 Å². The molecule has 0 aromatic rings. The van der Waals surface area contributed by atoms with E-state index in [9.17, 15) is 0 Å². The molecule has 0 aromatic carbocycles. The van der Waals surface area contributed by atoms with Crippen LogP contribution in [0.3, 0.4) is 0 Å². The molecule has 0 radical (unpaired) electrons. The van der Waals surface area contributed by atoms with E-state index < -0.39 is 17.4 Å². The van der Waals surface area contributed by atoms with E-state index in [1.54, 1.807) is 0 Å². The van der Waals surface area contributed by atoms with Gasteiger partial charge in [-0.2, -0.15) is 0 Å². The molecule has 20 heavy (non-hydrogen) atoms.